The molecule has 7 heteroatoms. The minimum absolute atomic E-state index is 0.110. The molecule has 2 amide bonds. The number of nitrogens with one attached hydrogen (secondary N) is 1. The van der Waals surface area contributed by atoms with E-state index in [1.165, 1.54) is 0 Å². The quantitative estimate of drug-likeness (QED) is 0.714. The Morgan fingerprint density at radius 2 is 1.93 bits per heavy atom. The topological polar surface area (TPSA) is 67.9 Å². The van der Waals surface area contributed by atoms with Crippen molar-refractivity contribution >= 4 is 23.4 Å². The van der Waals surface area contributed by atoms with E-state index in [0.717, 1.165) is 11.1 Å². The molecule has 29 heavy (non-hydrogen) atoms. The van der Waals surface area contributed by atoms with Crippen molar-refractivity contribution < 1.29 is 19.1 Å². The lowest BCUT2D eigenvalue weighted by Gasteiger charge is -2.29. The molecule has 0 unspecified atom stereocenters. The second-order valence-electron chi connectivity index (χ2n) is 6.87. The highest BCUT2D eigenvalue weighted by Crippen LogP contribution is 2.32. The lowest BCUT2D eigenvalue weighted by atomic mass is 10.1. The smallest absolute Gasteiger partial charge is 0.242 e. The summed E-state index contributed by atoms with van der Waals surface area (Å²) in [5.74, 6) is 1.11. The molecule has 154 valence electrons. The van der Waals surface area contributed by atoms with Crippen LogP contribution in [0.15, 0.2) is 42.5 Å². The lowest BCUT2D eigenvalue weighted by Crippen LogP contribution is -2.47. The second-order valence-corrected chi connectivity index (χ2v) is 7.28. The van der Waals surface area contributed by atoms with Gasteiger partial charge in [-0.25, -0.2) is 0 Å². The van der Waals surface area contributed by atoms with Gasteiger partial charge in [0.25, 0.3) is 0 Å². The van der Waals surface area contributed by atoms with Crippen molar-refractivity contribution in [1.29, 1.82) is 0 Å². The zero-order valence-corrected chi connectivity index (χ0v) is 17.4. The third kappa shape index (κ3) is 5.21. The van der Waals surface area contributed by atoms with E-state index in [1.807, 2.05) is 43.3 Å². The first-order chi connectivity index (χ1) is 14.0. The van der Waals surface area contributed by atoms with Crippen molar-refractivity contribution in [3.63, 3.8) is 0 Å². The summed E-state index contributed by atoms with van der Waals surface area (Å²) in [5.41, 5.74) is 1.78. The van der Waals surface area contributed by atoms with Crippen LogP contribution in [0, 0.1) is 0 Å². The van der Waals surface area contributed by atoms with Crippen LogP contribution in [0.25, 0.3) is 0 Å². The van der Waals surface area contributed by atoms with Crippen LogP contribution in [0.2, 0.25) is 5.02 Å². The van der Waals surface area contributed by atoms with E-state index >= 15 is 0 Å². The minimum Gasteiger partial charge on any atom is -0.454 e. The van der Waals surface area contributed by atoms with E-state index in [9.17, 15) is 9.59 Å². The molecule has 3 rings (SSSR count). The number of hydrogen-bond acceptors (Lipinski definition) is 4. The number of likely N-dealkylation sites (N-methyl/N-ethyl adjacent to an activating group) is 1. The number of nitrogens with zero attached hydrogens (tertiary/aromatic N) is 1. The van der Waals surface area contributed by atoms with E-state index < -0.39 is 6.04 Å². The third-order valence-corrected chi connectivity index (χ3v) is 5.25. The Morgan fingerprint density at radius 1 is 1.17 bits per heavy atom. The maximum atomic E-state index is 13.1. The van der Waals surface area contributed by atoms with Crippen molar-refractivity contribution in [2.45, 2.75) is 39.3 Å². The van der Waals surface area contributed by atoms with Gasteiger partial charge in [0, 0.05) is 24.5 Å². The van der Waals surface area contributed by atoms with Gasteiger partial charge in [0.1, 0.15) is 6.04 Å². The van der Waals surface area contributed by atoms with Crippen LogP contribution in [0.1, 0.15) is 31.4 Å². The average molecular weight is 417 g/mol. The Balaban J connectivity index is 1.72. The summed E-state index contributed by atoms with van der Waals surface area (Å²) < 4.78 is 10.7. The number of amides is 2. The van der Waals surface area contributed by atoms with Gasteiger partial charge in [-0.1, -0.05) is 35.9 Å². The summed E-state index contributed by atoms with van der Waals surface area (Å²) in [7, 11) is 0. The van der Waals surface area contributed by atoms with Gasteiger partial charge in [-0.2, -0.15) is 0 Å². The number of rotatable bonds is 8. The normalized spacial score (nSPS) is 13.1. The first-order valence-corrected chi connectivity index (χ1v) is 10.1. The summed E-state index contributed by atoms with van der Waals surface area (Å²) in [4.78, 5) is 27.0. The predicted octanol–water partition coefficient (Wildman–Crippen LogP) is 3.55. The lowest BCUT2D eigenvalue weighted by molar-refractivity contribution is -0.140. The van der Waals surface area contributed by atoms with Gasteiger partial charge in [0.15, 0.2) is 11.5 Å². The van der Waals surface area contributed by atoms with Gasteiger partial charge in [-0.3, -0.25) is 9.59 Å². The SMILES string of the molecule is CCNC(=O)[C@@H](C)N(Cc1ccccc1Cl)C(=O)CCc1ccc2c(c1)OCO2. The molecule has 0 spiro atoms. The highest BCUT2D eigenvalue weighted by atomic mass is 35.5. The van der Waals surface area contributed by atoms with Crippen LogP contribution in [-0.4, -0.2) is 36.1 Å². The number of fused-ring (bicyclic) bond motifs is 1. The number of carbonyl (C=O) groups excluding carboxylic acids is 2. The second kappa shape index (κ2) is 9.65. The maximum Gasteiger partial charge on any atom is 0.242 e. The van der Waals surface area contributed by atoms with Crippen LogP contribution in [0.4, 0.5) is 0 Å². The maximum absolute atomic E-state index is 13.1. The van der Waals surface area contributed by atoms with E-state index in [2.05, 4.69) is 5.32 Å². The standard InChI is InChI=1S/C22H25ClN2O4/c1-3-24-22(27)15(2)25(13-17-6-4-5-7-18(17)23)21(26)11-9-16-8-10-19-20(12-16)29-14-28-19/h4-8,10,12,15H,3,9,11,13-14H2,1-2H3,(H,24,27)/t15-/m1/s1. The molecule has 2 aromatic rings. The molecule has 6 nitrogen and oxygen atoms in total. The van der Waals surface area contributed by atoms with E-state index in [1.54, 1.807) is 17.9 Å². The van der Waals surface area contributed by atoms with Gasteiger partial charge in [-0.15, -0.1) is 0 Å². The molecular weight excluding hydrogens is 392 g/mol. The number of benzene rings is 2. The molecule has 1 aliphatic rings. The van der Waals surface area contributed by atoms with Gasteiger partial charge >= 0.3 is 0 Å². The number of carbonyl (C=O) groups is 2. The van der Waals surface area contributed by atoms with Crippen LogP contribution in [0.3, 0.4) is 0 Å². The zero-order chi connectivity index (χ0) is 20.8. The van der Waals surface area contributed by atoms with Crippen LogP contribution < -0.4 is 14.8 Å². The van der Waals surface area contributed by atoms with Gasteiger partial charge < -0.3 is 19.7 Å². The summed E-state index contributed by atoms with van der Waals surface area (Å²) in [5, 5.41) is 3.36. The molecule has 1 atom stereocenters. The predicted molar refractivity (Wildman–Crippen MR) is 111 cm³/mol. The molecule has 0 aliphatic carbocycles. The van der Waals surface area contributed by atoms with E-state index in [0.29, 0.717) is 29.5 Å². The number of aryl methyl sites for hydroxylation is 1. The number of hydrogen-bond donors (Lipinski definition) is 1. The first kappa shape index (κ1) is 21.0. The Morgan fingerprint density at radius 3 is 2.69 bits per heavy atom. The molecule has 0 radical (unpaired) electrons. The highest BCUT2D eigenvalue weighted by Gasteiger charge is 2.26. The fourth-order valence-electron chi connectivity index (χ4n) is 3.21. The van der Waals surface area contributed by atoms with Gasteiger partial charge in [-0.05, 0) is 49.6 Å². The van der Waals surface area contributed by atoms with Crippen molar-refractivity contribution in [2.75, 3.05) is 13.3 Å². The molecule has 0 saturated heterocycles. The monoisotopic (exact) mass is 416 g/mol. The van der Waals surface area contributed by atoms with Crippen molar-refractivity contribution in [1.82, 2.24) is 10.2 Å². The Bertz CT molecular complexity index is 887. The fourth-order valence-corrected chi connectivity index (χ4v) is 3.40. The molecule has 0 bridgehead atoms. The van der Waals surface area contributed by atoms with Crippen molar-refractivity contribution in [3.8, 4) is 11.5 Å². The minimum atomic E-state index is -0.601. The summed E-state index contributed by atoms with van der Waals surface area (Å²) in [6.45, 7) is 4.59. The average Bonchev–Trinajstić information content (AvgIpc) is 3.19. The fraction of sp³-hybridized carbons (Fsp3) is 0.364. The molecule has 1 heterocycles. The molecule has 0 saturated carbocycles. The highest BCUT2D eigenvalue weighted by molar-refractivity contribution is 6.31. The number of ether oxygens (including phenoxy) is 2. The van der Waals surface area contributed by atoms with Crippen LogP contribution in [0.5, 0.6) is 11.5 Å². The Labute approximate surface area is 175 Å². The first-order valence-electron chi connectivity index (χ1n) is 9.68. The molecule has 0 aromatic heterocycles. The van der Waals surface area contributed by atoms with E-state index in [4.69, 9.17) is 21.1 Å². The molecule has 1 aliphatic heterocycles. The van der Waals surface area contributed by atoms with Crippen LogP contribution >= 0.6 is 11.6 Å². The summed E-state index contributed by atoms with van der Waals surface area (Å²) in [6.07, 6.45) is 0.810. The summed E-state index contributed by atoms with van der Waals surface area (Å²) >= 11 is 6.28. The molecular formula is C22H25ClN2O4. The molecule has 1 N–H and O–H groups in total. The van der Waals surface area contributed by atoms with Crippen LogP contribution in [-0.2, 0) is 22.6 Å². The van der Waals surface area contributed by atoms with Crippen molar-refractivity contribution in [2.24, 2.45) is 0 Å². The third-order valence-electron chi connectivity index (χ3n) is 4.88. The summed E-state index contributed by atoms with van der Waals surface area (Å²) in [6, 6.07) is 12.4. The van der Waals surface area contributed by atoms with E-state index in [-0.39, 0.29) is 31.6 Å². The molecule has 2 aromatic carbocycles. The zero-order valence-electron chi connectivity index (χ0n) is 16.6. The van der Waals surface area contributed by atoms with Gasteiger partial charge in [0.05, 0.1) is 0 Å². The Kier molecular flexibility index (Phi) is 6.99. The molecule has 0 fully saturated rings. The van der Waals surface area contributed by atoms with Crippen molar-refractivity contribution in [3.05, 3.63) is 58.6 Å². The number of halogens is 1. The largest absolute Gasteiger partial charge is 0.454 e. The van der Waals surface area contributed by atoms with Gasteiger partial charge in [0.2, 0.25) is 18.6 Å². The Hall–Kier alpha value is -2.73.